The Bertz CT molecular complexity index is 336. The van der Waals surface area contributed by atoms with Gasteiger partial charge in [0.25, 0.3) is 0 Å². The lowest BCUT2D eigenvalue weighted by Gasteiger charge is -2.36. The van der Waals surface area contributed by atoms with Gasteiger partial charge in [0, 0.05) is 6.54 Å². The molecule has 1 aliphatic heterocycles. The standard InChI is InChI=1S/C13H24N2O4/c1-3-13(4-6-14-7-5-13)11(18)15-9-12(2,19)8-10(16)17/h14,19H,3-9H2,1-2H3,(H,15,18)(H,16,17). The smallest absolute Gasteiger partial charge is 0.306 e. The fourth-order valence-corrected chi connectivity index (χ4v) is 2.49. The molecule has 0 aromatic rings. The first-order chi connectivity index (χ1) is 8.81. The van der Waals surface area contributed by atoms with Crippen LogP contribution in [-0.2, 0) is 9.59 Å². The van der Waals surface area contributed by atoms with Crippen molar-refractivity contribution in [2.75, 3.05) is 19.6 Å². The number of carbonyl (C=O) groups excluding carboxylic acids is 1. The van der Waals surface area contributed by atoms with Crippen LogP contribution < -0.4 is 10.6 Å². The van der Waals surface area contributed by atoms with Crippen molar-refractivity contribution in [3.63, 3.8) is 0 Å². The van der Waals surface area contributed by atoms with Crippen LogP contribution in [0.25, 0.3) is 0 Å². The van der Waals surface area contributed by atoms with E-state index in [4.69, 9.17) is 5.11 Å². The predicted octanol–water partition coefficient (Wildman–Crippen LogP) is 0.108. The van der Waals surface area contributed by atoms with Gasteiger partial charge in [-0.2, -0.15) is 0 Å². The minimum Gasteiger partial charge on any atom is -0.481 e. The SMILES string of the molecule is CCC1(C(=O)NCC(C)(O)CC(=O)O)CCNCC1. The maximum absolute atomic E-state index is 12.3. The average Bonchev–Trinajstić information content (AvgIpc) is 2.35. The van der Waals surface area contributed by atoms with E-state index in [9.17, 15) is 14.7 Å². The van der Waals surface area contributed by atoms with Gasteiger partial charge in [0.05, 0.1) is 17.4 Å². The van der Waals surface area contributed by atoms with Gasteiger partial charge in [-0.1, -0.05) is 6.92 Å². The number of carbonyl (C=O) groups is 2. The first kappa shape index (κ1) is 15.9. The third kappa shape index (κ3) is 4.47. The second-order valence-corrected chi connectivity index (χ2v) is 5.63. The number of rotatable bonds is 6. The summed E-state index contributed by atoms with van der Waals surface area (Å²) in [7, 11) is 0. The molecule has 1 heterocycles. The largest absolute Gasteiger partial charge is 0.481 e. The van der Waals surface area contributed by atoms with Crippen LogP contribution in [0.15, 0.2) is 0 Å². The van der Waals surface area contributed by atoms with E-state index in [1.807, 2.05) is 6.92 Å². The summed E-state index contributed by atoms with van der Waals surface area (Å²) >= 11 is 0. The van der Waals surface area contributed by atoms with Crippen molar-refractivity contribution >= 4 is 11.9 Å². The van der Waals surface area contributed by atoms with E-state index in [0.29, 0.717) is 0 Å². The monoisotopic (exact) mass is 272 g/mol. The molecule has 0 aromatic carbocycles. The zero-order valence-corrected chi connectivity index (χ0v) is 11.7. The second kappa shape index (κ2) is 6.34. The zero-order chi connectivity index (χ0) is 14.5. The maximum atomic E-state index is 12.3. The number of hydrogen-bond donors (Lipinski definition) is 4. The van der Waals surface area contributed by atoms with E-state index in [1.165, 1.54) is 6.92 Å². The van der Waals surface area contributed by atoms with Crippen LogP contribution >= 0.6 is 0 Å². The molecule has 4 N–H and O–H groups in total. The Kier molecular flexibility index (Phi) is 5.31. The number of aliphatic carboxylic acids is 1. The Hall–Kier alpha value is -1.14. The van der Waals surface area contributed by atoms with Crippen LogP contribution in [0.4, 0.5) is 0 Å². The van der Waals surface area contributed by atoms with Gasteiger partial charge in [0.2, 0.25) is 5.91 Å². The van der Waals surface area contributed by atoms with E-state index in [2.05, 4.69) is 10.6 Å². The van der Waals surface area contributed by atoms with E-state index >= 15 is 0 Å². The van der Waals surface area contributed by atoms with Crippen molar-refractivity contribution in [1.82, 2.24) is 10.6 Å². The zero-order valence-electron chi connectivity index (χ0n) is 11.7. The molecule has 1 unspecified atom stereocenters. The molecule has 110 valence electrons. The molecule has 6 heteroatoms. The molecule has 0 bridgehead atoms. The number of nitrogens with one attached hydrogen (secondary N) is 2. The van der Waals surface area contributed by atoms with Crippen molar-refractivity contribution < 1.29 is 19.8 Å². The highest BCUT2D eigenvalue weighted by Gasteiger charge is 2.38. The van der Waals surface area contributed by atoms with Crippen LogP contribution in [0.3, 0.4) is 0 Å². The lowest BCUT2D eigenvalue weighted by molar-refractivity contribution is -0.143. The molecule has 0 aliphatic carbocycles. The van der Waals surface area contributed by atoms with Gasteiger partial charge >= 0.3 is 5.97 Å². The molecule has 0 radical (unpaired) electrons. The average molecular weight is 272 g/mol. The molecule has 1 rings (SSSR count). The molecule has 1 amide bonds. The number of carboxylic acids is 1. The molecular formula is C13H24N2O4. The van der Waals surface area contributed by atoms with Crippen LogP contribution in [0.1, 0.15) is 39.5 Å². The van der Waals surface area contributed by atoms with Crippen molar-refractivity contribution in [1.29, 1.82) is 0 Å². The summed E-state index contributed by atoms with van der Waals surface area (Å²) in [6.07, 6.45) is 1.92. The van der Waals surface area contributed by atoms with Gasteiger partial charge in [-0.05, 0) is 39.3 Å². The number of aliphatic hydroxyl groups is 1. The highest BCUT2D eigenvalue weighted by Crippen LogP contribution is 2.32. The predicted molar refractivity (Wildman–Crippen MR) is 70.7 cm³/mol. The quantitative estimate of drug-likeness (QED) is 0.550. The topological polar surface area (TPSA) is 98.7 Å². The Labute approximate surface area is 113 Å². The van der Waals surface area contributed by atoms with Gasteiger partial charge in [0.15, 0.2) is 0 Å². The van der Waals surface area contributed by atoms with Crippen molar-refractivity contribution in [3.8, 4) is 0 Å². The van der Waals surface area contributed by atoms with E-state index in [1.54, 1.807) is 0 Å². The molecule has 0 saturated carbocycles. The van der Waals surface area contributed by atoms with E-state index in [0.717, 1.165) is 32.4 Å². The Balaban J connectivity index is 2.56. The molecule has 19 heavy (non-hydrogen) atoms. The van der Waals surface area contributed by atoms with Crippen LogP contribution in [0, 0.1) is 5.41 Å². The normalized spacial score (nSPS) is 21.4. The molecule has 1 aliphatic rings. The third-order valence-corrected chi connectivity index (χ3v) is 3.88. The summed E-state index contributed by atoms with van der Waals surface area (Å²) in [6, 6.07) is 0. The minimum absolute atomic E-state index is 0.0344. The minimum atomic E-state index is -1.41. The van der Waals surface area contributed by atoms with Crippen LogP contribution in [0.5, 0.6) is 0 Å². The number of amides is 1. The number of carboxylic acid groups (broad SMARTS) is 1. The molecule has 6 nitrogen and oxygen atoms in total. The number of hydrogen-bond acceptors (Lipinski definition) is 4. The lowest BCUT2D eigenvalue weighted by atomic mass is 9.75. The fourth-order valence-electron chi connectivity index (χ4n) is 2.49. The van der Waals surface area contributed by atoms with Crippen LogP contribution in [-0.4, -0.2) is 47.3 Å². The molecular weight excluding hydrogens is 248 g/mol. The molecule has 0 aromatic heterocycles. The summed E-state index contributed by atoms with van der Waals surface area (Å²) in [6.45, 7) is 5.00. The summed E-state index contributed by atoms with van der Waals surface area (Å²) in [4.78, 5) is 22.9. The van der Waals surface area contributed by atoms with E-state index < -0.39 is 11.6 Å². The first-order valence-corrected chi connectivity index (χ1v) is 6.74. The van der Waals surface area contributed by atoms with Crippen molar-refractivity contribution in [3.05, 3.63) is 0 Å². The van der Waals surface area contributed by atoms with Crippen LogP contribution in [0.2, 0.25) is 0 Å². The van der Waals surface area contributed by atoms with Crippen molar-refractivity contribution in [2.24, 2.45) is 5.41 Å². The maximum Gasteiger partial charge on any atom is 0.306 e. The van der Waals surface area contributed by atoms with E-state index in [-0.39, 0.29) is 24.3 Å². The lowest BCUT2D eigenvalue weighted by Crippen LogP contribution is -2.51. The Morgan fingerprint density at radius 2 is 1.95 bits per heavy atom. The molecule has 0 spiro atoms. The highest BCUT2D eigenvalue weighted by molar-refractivity contribution is 5.82. The summed E-state index contributed by atoms with van der Waals surface area (Å²) in [5, 5.41) is 24.5. The summed E-state index contributed by atoms with van der Waals surface area (Å²) in [5.41, 5.74) is -1.80. The molecule has 1 fully saturated rings. The van der Waals surface area contributed by atoms with Crippen molar-refractivity contribution in [2.45, 2.75) is 45.1 Å². The van der Waals surface area contributed by atoms with Gasteiger partial charge < -0.3 is 20.8 Å². The van der Waals surface area contributed by atoms with Gasteiger partial charge in [-0.3, -0.25) is 9.59 Å². The molecule has 1 atom stereocenters. The summed E-state index contributed by atoms with van der Waals surface area (Å²) in [5.74, 6) is -1.16. The second-order valence-electron chi connectivity index (χ2n) is 5.63. The van der Waals surface area contributed by atoms with Gasteiger partial charge in [-0.25, -0.2) is 0 Å². The fraction of sp³-hybridized carbons (Fsp3) is 0.846. The Morgan fingerprint density at radius 1 is 1.37 bits per heavy atom. The number of piperidine rings is 1. The van der Waals surface area contributed by atoms with Gasteiger partial charge in [0.1, 0.15) is 0 Å². The molecule has 1 saturated heterocycles. The van der Waals surface area contributed by atoms with Gasteiger partial charge in [-0.15, -0.1) is 0 Å². The summed E-state index contributed by atoms with van der Waals surface area (Å²) < 4.78 is 0. The Morgan fingerprint density at radius 3 is 2.42 bits per heavy atom. The first-order valence-electron chi connectivity index (χ1n) is 6.74. The third-order valence-electron chi connectivity index (χ3n) is 3.88. The highest BCUT2D eigenvalue weighted by atomic mass is 16.4.